The van der Waals surface area contributed by atoms with Crippen molar-refractivity contribution in [3.8, 4) is 0 Å². The van der Waals surface area contributed by atoms with Crippen LogP contribution in [0, 0.1) is 5.41 Å². The van der Waals surface area contributed by atoms with Crippen molar-refractivity contribution in [2.24, 2.45) is 5.73 Å². The lowest BCUT2D eigenvalue weighted by Gasteiger charge is -2.23. The first-order chi connectivity index (χ1) is 12.2. The number of nitrogen functional groups attached to an aromatic ring is 1. The van der Waals surface area contributed by atoms with E-state index >= 15 is 0 Å². The normalized spacial score (nSPS) is 12.3. The Morgan fingerprint density at radius 3 is 2.62 bits per heavy atom. The van der Waals surface area contributed by atoms with Crippen LogP contribution in [0.3, 0.4) is 0 Å². The highest BCUT2D eigenvalue weighted by Crippen LogP contribution is 2.16. The predicted molar refractivity (Wildman–Crippen MR) is 101 cm³/mol. The monoisotopic (exact) mass is 374 g/mol. The number of ether oxygens (including phenoxy) is 1. The molecule has 8 heteroatoms. The van der Waals surface area contributed by atoms with Crippen molar-refractivity contribution >= 4 is 29.0 Å². The van der Waals surface area contributed by atoms with E-state index in [0.717, 1.165) is 0 Å². The molecule has 7 nitrogen and oxygen atoms in total. The Morgan fingerprint density at radius 2 is 2.04 bits per heavy atom. The average Bonchev–Trinajstić information content (AvgIpc) is 3.06. The van der Waals surface area contributed by atoms with Gasteiger partial charge >= 0.3 is 6.09 Å². The molecule has 1 aromatic heterocycles. The minimum absolute atomic E-state index is 0.0988. The second-order valence-electron chi connectivity index (χ2n) is 6.68. The van der Waals surface area contributed by atoms with E-state index in [1.165, 1.54) is 17.5 Å². The molecule has 0 spiro atoms. The van der Waals surface area contributed by atoms with E-state index in [4.69, 9.17) is 15.9 Å². The molecule has 1 heterocycles. The van der Waals surface area contributed by atoms with Crippen molar-refractivity contribution in [2.75, 3.05) is 0 Å². The van der Waals surface area contributed by atoms with Crippen LogP contribution >= 0.6 is 11.3 Å². The maximum Gasteiger partial charge on any atom is 0.408 e. The molecule has 1 atom stereocenters. The molecule has 1 amide bonds. The molecule has 2 aromatic rings. The number of rotatable bonds is 6. The Morgan fingerprint density at radius 1 is 1.35 bits per heavy atom. The highest BCUT2D eigenvalue weighted by Gasteiger charge is 2.27. The summed E-state index contributed by atoms with van der Waals surface area (Å²) in [6.45, 7) is 5.24. The summed E-state index contributed by atoms with van der Waals surface area (Å²) in [4.78, 5) is 29.0. The predicted octanol–water partition coefficient (Wildman–Crippen LogP) is 2.75. The van der Waals surface area contributed by atoms with Gasteiger partial charge in [0.25, 0.3) is 0 Å². The lowest BCUT2D eigenvalue weighted by molar-refractivity contribution is 0.0491. The molecule has 0 aliphatic carbocycles. The standard InChI is InChI=1S/C18H22N4O3S/c1-18(2,3)25-17(24)22-13(14(23)16-21-8-9-26-16)10-11-6-4-5-7-12(11)15(19)20/h4-9,13H,10H2,1-3H3,(H3,19,20)(H,22,24). The number of hydrogen-bond acceptors (Lipinski definition) is 6. The fourth-order valence-electron chi connectivity index (χ4n) is 2.33. The van der Waals surface area contributed by atoms with Crippen LogP contribution in [0.1, 0.15) is 41.7 Å². The fourth-order valence-corrected chi connectivity index (χ4v) is 2.96. The van der Waals surface area contributed by atoms with Gasteiger partial charge in [0.1, 0.15) is 17.5 Å². The SMILES string of the molecule is CC(C)(C)OC(=O)NC(Cc1ccccc1C(=N)N)C(=O)c1nccs1. The average molecular weight is 374 g/mol. The summed E-state index contributed by atoms with van der Waals surface area (Å²) in [5.74, 6) is -0.414. The van der Waals surface area contributed by atoms with Gasteiger partial charge in [0.15, 0.2) is 5.01 Å². The molecule has 26 heavy (non-hydrogen) atoms. The van der Waals surface area contributed by atoms with E-state index in [2.05, 4.69) is 10.3 Å². The Balaban J connectivity index is 2.28. The number of benzene rings is 1. The first-order valence-corrected chi connectivity index (χ1v) is 8.91. The third-order valence-electron chi connectivity index (χ3n) is 3.38. The van der Waals surface area contributed by atoms with Gasteiger partial charge < -0.3 is 15.8 Å². The summed E-state index contributed by atoms with van der Waals surface area (Å²) < 4.78 is 5.26. The second-order valence-corrected chi connectivity index (χ2v) is 7.57. The summed E-state index contributed by atoms with van der Waals surface area (Å²) in [7, 11) is 0. The van der Waals surface area contributed by atoms with Crippen LogP contribution in [0.15, 0.2) is 35.8 Å². The summed E-state index contributed by atoms with van der Waals surface area (Å²) in [6, 6.07) is 6.15. The van der Waals surface area contributed by atoms with E-state index in [9.17, 15) is 9.59 Å². The van der Waals surface area contributed by atoms with Crippen molar-refractivity contribution in [1.82, 2.24) is 10.3 Å². The summed E-state index contributed by atoms with van der Waals surface area (Å²) in [5, 5.41) is 12.3. The molecule has 1 aromatic carbocycles. The highest BCUT2D eigenvalue weighted by atomic mass is 32.1. The maximum absolute atomic E-state index is 12.8. The molecule has 0 bridgehead atoms. The fraction of sp³-hybridized carbons (Fsp3) is 0.333. The molecule has 4 N–H and O–H groups in total. The number of nitrogens with zero attached hydrogens (tertiary/aromatic N) is 1. The van der Waals surface area contributed by atoms with E-state index in [1.807, 2.05) is 0 Å². The number of carbonyl (C=O) groups is 2. The molecule has 0 radical (unpaired) electrons. The molecule has 0 fully saturated rings. The van der Waals surface area contributed by atoms with Gasteiger partial charge in [0.2, 0.25) is 5.78 Å². The number of nitrogens with two attached hydrogens (primary N) is 1. The van der Waals surface area contributed by atoms with Crippen LogP contribution in [-0.2, 0) is 11.2 Å². The molecular weight excluding hydrogens is 352 g/mol. The molecule has 0 saturated heterocycles. The minimum atomic E-state index is -0.878. The zero-order valence-electron chi connectivity index (χ0n) is 14.9. The number of thiazole rings is 1. The summed E-state index contributed by atoms with van der Waals surface area (Å²) >= 11 is 1.20. The first-order valence-electron chi connectivity index (χ1n) is 8.03. The van der Waals surface area contributed by atoms with Gasteiger partial charge in [-0.05, 0) is 26.3 Å². The number of aromatic nitrogens is 1. The highest BCUT2D eigenvalue weighted by molar-refractivity contribution is 7.11. The van der Waals surface area contributed by atoms with Crippen LogP contribution in [0.4, 0.5) is 4.79 Å². The molecule has 2 rings (SSSR count). The minimum Gasteiger partial charge on any atom is -0.444 e. The van der Waals surface area contributed by atoms with Crippen molar-refractivity contribution in [3.63, 3.8) is 0 Å². The molecule has 1 unspecified atom stereocenters. The third-order valence-corrected chi connectivity index (χ3v) is 4.17. The number of alkyl carbamates (subject to hydrolysis) is 1. The van der Waals surface area contributed by atoms with E-state index < -0.39 is 17.7 Å². The Kier molecular flexibility index (Phi) is 6.10. The molecule has 0 aliphatic heterocycles. The Hall–Kier alpha value is -2.74. The van der Waals surface area contributed by atoms with E-state index in [1.54, 1.807) is 50.4 Å². The Bertz CT molecular complexity index is 797. The Labute approximate surface area is 156 Å². The van der Waals surface area contributed by atoms with Crippen LogP contribution in [0.2, 0.25) is 0 Å². The molecule has 0 saturated carbocycles. The van der Waals surface area contributed by atoms with Gasteiger partial charge in [-0.1, -0.05) is 24.3 Å². The van der Waals surface area contributed by atoms with Crippen LogP contribution in [-0.4, -0.2) is 34.3 Å². The second kappa shape index (κ2) is 8.09. The number of amidine groups is 1. The third kappa shape index (κ3) is 5.38. The number of Topliss-reactive ketones (excluding diaryl/α,β-unsaturated/α-hetero) is 1. The lowest BCUT2D eigenvalue weighted by atomic mass is 9.97. The topological polar surface area (TPSA) is 118 Å². The van der Waals surface area contributed by atoms with Crippen LogP contribution in [0.5, 0.6) is 0 Å². The van der Waals surface area contributed by atoms with Crippen LogP contribution in [0.25, 0.3) is 0 Å². The summed E-state index contributed by atoms with van der Waals surface area (Å²) in [6.07, 6.45) is 1.02. The number of nitrogens with one attached hydrogen (secondary N) is 2. The largest absolute Gasteiger partial charge is 0.444 e. The van der Waals surface area contributed by atoms with Crippen molar-refractivity contribution in [3.05, 3.63) is 52.0 Å². The zero-order chi connectivity index (χ0) is 19.3. The van der Waals surface area contributed by atoms with E-state index in [-0.39, 0.29) is 18.0 Å². The van der Waals surface area contributed by atoms with Gasteiger partial charge in [0, 0.05) is 23.6 Å². The van der Waals surface area contributed by atoms with Crippen molar-refractivity contribution in [1.29, 1.82) is 5.41 Å². The van der Waals surface area contributed by atoms with Gasteiger partial charge in [0.05, 0.1) is 0 Å². The van der Waals surface area contributed by atoms with Gasteiger partial charge in [-0.15, -0.1) is 11.3 Å². The molecular formula is C18H22N4O3S. The summed E-state index contributed by atoms with van der Waals surface area (Å²) in [5.41, 5.74) is 6.15. The lowest BCUT2D eigenvalue weighted by Crippen LogP contribution is -2.45. The zero-order valence-corrected chi connectivity index (χ0v) is 15.7. The van der Waals surface area contributed by atoms with Crippen LogP contribution < -0.4 is 11.1 Å². The molecule has 138 valence electrons. The van der Waals surface area contributed by atoms with Gasteiger partial charge in [-0.2, -0.15) is 0 Å². The number of carbonyl (C=O) groups excluding carboxylic acids is 2. The quantitative estimate of drug-likeness (QED) is 0.408. The first kappa shape index (κ1) is 19.6. The van der Waals surface area contributed by atoms with Crippen molar-refractivity contribution in [2.45, 2.75) is 38.8 Å². The molecule has 0 aliphatic rings. The van der Waals surface area contributed by atoms with Crippen molar-refractivity contribution < 1.29 is 14.3 Å². The maximum atomic E-state index is 12.8. The van der Waals surface area contributed by atoms with Gasteiger partial charge in [-0.3, -0.25) is 10.2 Å². The number of ketones is 1. The number of hydrogen-bond donors (Lipinski definition) is 3. The van der Waals surface area contributed by atoms with E-state index in [0.29, 0.717) is 16.1 Å². The smallest absolute Gasteiger partial charge is 0.408 e. The number of amides is 1. The van der Waals surface area contributed by atoms with Gasteiger partial charge in [-0.25, -0.2) is 9.78 Å².